The molecule has 1 aromatic carbocycles. The van der Waals surface area contributed by atoms with Gasteiger partial charge in [0.05, 0.1) is 13.3 Å². The van der Waals surface area contributed by atoms with Crippen molar-refractivity contribution < 1.29 is 28.2 Å². The highest BCUT2D eigenvalue weighted by atomic mass is 19.1. The Morgan fingerprint density at radius 3 is 2.28 bits per heavy atom. The van der Waals surface area contributed by atoms with E-state index in [0.29, 0.717) is 0 Å². The first kappa shape index (κ1) is 24.4. The second-order valence-electron chi connectivity index (χ2n) is 7.53. The van der Waals surface area contributed by atoms with Crippen molar-refractivity contribution in [2.45, 2.75) is 64.6 Å². The van der Waals surface area contributed by atoms with E-state index in [9.17, 15) is 18.8 Å². The van der Waals surface area contributed by atoms with Gasteiger partial charge in [0.15, 0.2) is 0 Å². The van der Waals surface area contributed by atoms with Crippen LogP contribution in [0, 0.1) is 0 Å². The van der Waals surface area contributed by atoms with Crippen LogP contribution in [0.5, 0.6) is 0 Å². The molecule has 1 rings (SSSR count). The molecule has 162 valence electrons. The van der Waals surface area contributed by atoms with Gasteiger partial charge in [-0.05, 0) is 46.1 Å². The van der Waals surface area contributed by atoms with Crippen LogP contribution in [0.15, 0.2) is 30.3 Å². The Bertz CT molecular complexity index is 661. The molecule has 1 aromatic rings. The van der Waals surface area contributed by atoms with Gasteiger partial charge in [-0.15, -0.1) is 0 Å². The predicted molar refractivity (Wildman–Crippen MR) is 107 cm³/mol. The van der Waals surface area contributed by atoms with Gasteiger partial charge in [-0.2, -0.15) is 0 Å². The van der Waals surface area contributed by atoms with Crippen molar-refractivity contribution in [1.29, 1.82) is 0 Å². The molecule has 0 aromatic heterocycles. The lowest BCUT2D eigenvalue weighted by Gasteiger charge is -2.25. The average molecular weight is 410 g/mol. The van der Waals surface area contributed by atoms with Crippen LogP contribution in [-0.2, 0) is 25.5 Å². The summed E-state index contributed by atoms with van der Waals surface area (Å²) in [7, 11) is 0. The second-order valence-corrected chi connectivity index (χ2v) is 7.53. The van der Waals surface area contributed by atoms with Gasteiger partial charge in [0, 0.05) is 6.42 Å². The molecule has 2 amide bonds. The first-order valence-electron chi connectivity index (χ1n) is 9.72. The summed E-state index contributed by atoms with van der Waals surface area (Å²) in [5.41, 5.74) is 0.0899. The zero-order valence-electron chi connectivity index (χ0n) is 17.5. The third-order valence-electron chi connectivity index (χ3n) is 3.80. The predicted octanol–water partition coefficient (Wildman–Crippen LogP) is 2.92. The molecule has 0 aliphatic rings. The Kier molecular flexibility index (Phi) is 10.1. The molecular weight excluding hydrogens is 379 g/mol. The number of ether oxygens (including phenoxy) is 2. The number of benzene rings is 1. The minimum atomic E-state index is -0.989. The molecule has 0 saturated carbocycles. The Hall–Kier alpha value is -2.64. The fourth-order valence-corrected chi connectivity index (χ4v) is 2.55. The molecule has 0 radical (unpaired) electrons. The van der Waals surface area contributed by atoms with E-state index < -0.39 is 42.3 Å². The maximum absolute atomic E-state index is 12.8. The third kappa shape index (κ3) is 9.91. The van der Waals surface area contributed by atoms with Crippen molar-refractivity contribution in [3.8, 4) is 0 Å². The summed E-state index contributed by atoms with van der Waals surface area (Å²) in [5.74, 6) is -1.21. The van der Waals surface area contributed by atoms with E-state index >= 15 is 0 Å². The van der Waals surface area contributed by atoms with Gasteiger partial charge in [-0.25, -0.2) is 9.59 Å². The number of carbonyl (C=O) groups excluding carboxylic acids is 3. The Balaban J connectivity index is 2.94. The molecule has 0 saturated heterocycles. The lowest BCUT2D eigenvalue weighted by Crippen LogP contribution is -2.53. The summed E-state index contributed by atoms with van der Waals surface area (Å²) < 4.78 is 22.8. The fourth-order valence-electron chi connectivity index (χ4n) is 2.55. The SMILES string of the molecule is CCOC(=O)C(CCCF)NC(=O)[C@@H](Cc1ccccc1)NC(=O)OC(C)(C)C. The van der Waals surface area contributed by atoms with Gasteiger partial charge in [0.25, 0.3) is 0 Å². The number of alkyl halides is 1. The molecule has 0 spiro atoms. The lowest BCUT2D eigenvalue weighted by atomic mass is 10.0. The molecule has 0 aliphatic carbocycles. The number of carbonyl (C=O) groups is 3. The lowest BCUT2D eigenvalue weighted by molar-refractivity contribution is -0.147. The standard InChI is InChI=1S/C21H31FN2O5/c1-5-28-19(26)16(12-9-13-22)23-18(25)17(14-15-10-7-6-8-11-15)24-20(27)29-21(2,3)4/h6-8,10-11,16-17H,5,9,12-14H2,1-4H3,(H,23,25)(H,24,27)/t16?,17-/m1/s1. The fraction of sp³-hybridized carbons (Fsp3) is 0.571. The number of rotatable bonds is 10. The molecule has 2 N–H and O–H groups in total. The first-order chi connectivity index (χ1) is 13.7. The first-order valence-corrected chi connectivity index (χ1v) is 9.72. The average Bonchev–Trinajstić information content (AvgIpc) is 2.63. The van der Waals surface area contributed by atoms with Crippen molar-refractivity contribution in [3.63, 3.8) is 0 Å². The van der Waals surface area contributed by atoms with Gasteiger partial charge in [-0.1, -0.05) is 30.3 Å². The van der Waals surface area contributed by atoms with Crippen LogP contribution in [0.4, 0.5) is 9.18 Å². The van der Waals surface area contributed by atoms with Crippen LogP contribution in [0.1, 0.15) is 46.1 Å². The van der Waals surface area contributed by atoms with Crippen molar-refractivity contribution in [2.24, 2.45) is 0 Å². The number of nitrogens with one attached hydrogen (secondary N) is 2. The Labute approximate surface area is 171 Å². The minimum Gasteiger partial charge on any atom is -0.464 e. The Morgan fingerprint density at radius 1 is 1.07 bits per heavy atom. The van der Waals surface area contributed by atoms with Gasteiger partial charge < -0.3 is 20.1 Å². The summed E-state index contributed by atoms with van der Waals surface area (Å²) in [4.78, 5) is 37.2. The highest BCUT2D eigenvalue weighted by Crippen LogP contribution is 2.10. The molecule has 0 fully saturated rings. The zero-order chi connectivity index (χ0) is 21.9. The van der Waals surface area contributed by atoms with Gasteiger partial charge >= 0.3 is 12.1 Å². The maximum atomic E-state index is 12.8. The van der Waals surface area contributed by atoms with E-state index in [-0.39, 0.29) is 25.9 Å². The molecule has 7 nitrogen and oxygen atoms in total. The maximum Gasteiger partial charge on any atom is 0.408 e. The minimum absolute atomic E-state index is 0.103. The summed E-state index contributed by atoms with van der Waals surface area (Å²) in [6.45, 7) is 6.32. The van der Waals surface area contributed by atoms with Crippen molar-refractivity contribution >= 4 is 18.0 Å². The van der Waals surface area contributed by atoms with Gasteiger partial charge in [-0.3, -0.25) is 9.18 Å². The van der Waals surface area contributed by atoms with Crippen LogP contribution in [0.2, 0.25) is 0 Å². The molecule has 8 heteroatoms. The second kappa shape index (κ2) is 12.0. The summed E-state index contributed by atoms with van der Waals surface area (Å²) >= 11 is 0. The monoisotopic (exact) mass is 410 g/mol. The van der Waals surface area contributed by atoms with Gasteiger partial charge in [0.2, 0.25) is 5.91 Å². The van der Waals surface area contributed by atoms with Crippen molar-refractivity contribution in [2.75, 3.05) is 13.3 Å². The van der Waals surface area contributed by atoms with E-state index in [1.165, 1.54) is 0 Å². The summed E-state index contributed by atoms with van der Waals surface area (Å²) in [6, 6.07) is 7.16. The zero-order valence-corrected chi connectivity index (χ0v) is 17.5. The number of halogens is 1. The molecule has 0 aliphatic heterocycles. The molecule has 29 heavy (non-hydrogen) atoms. The number of alkyl carbamates (subject to hydrolysis) is 1. The topological polar surface area (TPSA) is 93.7 Å². The molecule has 1 unspecified atom stereocenters. The quantitative estimate of drug-likeness (QED) is 0.579. The number of hydrogen-bond donors (Lipinski definition) is 2. The van der Waals surface area contributed by atoms with Crippen LogP contribution >= 0.6 is 0 Å². The highest BCUT2D eigenvalue weighted by Gasteiger charge is 2.29. The normalized spacial score (nSPS) is 13.1. The molecule has 2 atom stereocenters. The largest absolute Gasteiger partial charge is 0.464 e. The van der Waals surface area contributed by atoms with E-state index in [0.717, 1.165) is 5.56 Å². The Morgan fingerprint density at radius 2 is 1.72 bits per heavy atom. The molecule has 0 heterocycles. The molecule has 0 bridgehead atoms. The van der Waals surface area contributed by atoms with Crippen LogP contribution in [-0.4, -0.2) is 48.9 Å². The van der Waals surface area contributed by atoms with Crippen molar-refractivity contribution in [3.05, 3.63) is 35.9 Å². The van der Waals surface area contributed by atoms with E-state index in [1.807, 2.05) is 30.3 Å². The third-order valence-corrected chi connectivity index (χ3v) is 3.80. The molecular formula is C21H31FN2O5. The van der Waals surface area contributed by atoms with E-state index in [2.05, 4.69) is 10.6 Å². The highest BCUT2D eigenvalue weighted by molar-refractivity contribution is 5.89. The van der Waals surface area contributed by atoms with Crippen LogP contribution < -0.4 is 10.6 Å². The number of amides is 2. The smallest absolute Gasteiger partial charge is 0.408 e. The van der Waals surface area contributed by atoms with Gasteiger partial charge in [0.1, 0.15) is 17.7 Å². The van der Waals surface area contributed by atoms with Crippen LogP contribution in [0.25, 0.3) is 0 Å². The van der Waals surface area contributed by atoms with E-state index in [4.69, 9.17) is 9.47 Å². The van der Waals surface area contributed by atoms with Crippen molar-refractivity contribution in [1.82, 2.24) is 10.6 Å². The number of esters is 1. The number of hydrogen-bond acceptors (Lipinski definition) is 5. The summed E-state index contributed by atoms with van der Waals surface area (Å²) in [6.07, 6.45) is -0.340. The van der Waals surface area contributed by atoms with E-state index in [1.54, 1.807) is 27.7 Å². The van der Waals surface area contributed by atoms with Crippen LogP contribution in [0.3, 0.4) is 0 Å². The summed E-state index contributed by atoms with van der Waals surface area (Å²) in [5, 5.41) is 5.13.